The molecular weight excluding hydrogens is 392 g/mol. The first kappa shape index (κ1) is 23.4. The van der Waals surface area contributed by atoms with Crippen LogP contribution in [0.1, 0.15) is 0 Å². The van der Waals surface area contributed by atoms with Crippen molar-refractivity contribution in [3.8, 4) is 0 Å². The van der Waals surface area contributed by atoms with Crippen molar-refractivity contribution in [1.82, 2.24) is 0 Å². The largest absolute Gasteiger partial charge is 0.455 e. The van der Waals surface area contributed by atoms with E-state index in [2.05, 4.69) is 52.2 Å². The quantitative estimate of drug-likeness (QED) is 0.278. The van der Waals surface area contributed by atoms with Gasteiger partial charge in [0.05, 0.1) is 6.61 Å². The summed E-state index contributed by atoms with van der Waals surface area (Å²) in [5, 5.41) is 0. The summed E-state index contributed by atoms with van der Waals surface area (Å²) >= 11 is 4.03. The van der Waals surface area contributed by atoms with Gasteiger partial charge >= 0.3 is 5.97 Å². The Labute approximate surface area is 160 Å². The number of esters is 1. The minimum absolute atomic E-state index is 0.276. The molecular formula is C15H34O6SSi3. The lowest BCUT2D eigenvalue weighted by Crippen LogP contribution is -2.62. The lowest BCUT2D eigenvalue weighted by Gasteiger charge is -2.44. The molecule has 0 unspecified atom stereocenters. The molecule has 1 heterocycles. The van der Waals surface area contributed by atoms with Gasteiger partial charge in [-0.2, -0.15) is 0 Å². The van der Waals surface area contributed by atoms with Gasteiger partial charge in [-0.25, -0.2) is 4.79 Å². The fourth-order valence-corrected chi connectivity index (χ4v) is 5.41. The molecule has 0 aromatic rings. The Kier molecular flexibility index (Phi) is 7.98. The molecule has 4 atom stereocenters. The highest BCUT2D eigenvalue weighted by atomic mass is 32.1. The molecule has 0 spiro atoms. The van der Waals surface area contributed by atoms with Crippen LogP contribution in [0.25, 0.3) is 0 Å². The van der Waals surface area contributed by atoms with E-state index < -0.39 is 55.3 Å². The van der Waals surface area contributed by atoms with Gasteiger partial charge < -0.3 is 22.2 Å². The van der Waals surface area contributed by atoms with Gasteiger partial charge in [-0.3, -0.25) is 0 Å². The van der Waals surface area contributed by atoms with Crippen LogP contribution in [-0.2, 0) is 27.0 Å². The maximum atomic E-state index is 12.7. The number of rotatable bonds is 8. The van der Waals surface area contributed by atoms with Crippen LogP contribution in [0.2, 0.25) is 58.9 Å². The Bertz CT molecular complexity index is 458. The van der Waals surface area contributed by atoms with Crippen LogP contribution >= 0.6 is 12.9 Å². The zero-order valence-corrected chi connectivity index (χ0v) is 20.8. The lowest BCUT2D eigenvalue weighted by molar-refractivity contribution is -0.195. The molecule has 0 bridgehead atoms. The maximum Gasteiger partial charge on any atom is 0.337 e. The molecule has 0 amide bonds. The molecule has 1 aliphatic rings. The van der Waals surface area contributed by atoms with E-state index in [1.807, 2.05) is 19.6 Å². The van der Waals surface area contributed by atoms with Crippen LogP contribution in [0.3, 0.4) is 0 Å². The Morgan fingerprint density at radius 1 is 0.880 bits per heavy atom. The Morgan fingerprint density at radius 2 is 1.40 bits per heavy atom. The van der Waals surface area contributed by atoms with Gasteiger partial charge in [0, 0.05) is 0 Å². The summed E-state index contributed by atoms with van der Waals surface area (Å²) in [5.74, 6) is -0.406. The van der Waals surface area contributed by atoms with Crippen molar-refractivity contribution >= 4 is 43.8 Å². The highest BCUT2D eigenvalue weighted by molar-refractivity contribution is 7.75. The lowest BCUT2D eigenvalue weighted by atomic mass is 10.0. The molecule has 0 aromatic carbocycles. The minimum atomic E-state index is -1.99. The van der Waals surface area contributed by atoms with Crippen LogP contribution in [0.15, 0.2) is 0 Å². The predicted molar refractivity (Wildman–Crippen MR) is 109 cm³/mol. The SMILES string of the molecule is C[Si](C)(C)OC[C@H]1OC(=O)[C@H](O[Si](C)(C)C)[C@@H](O[Si](C)(C)C)[C@@H]1OS. The van der Waals surface area contributed by atoms with Crippen LogP contribution in [-0.4, -0.2) is 61.9 Å². The van der Waals surface area contributed by atoms with Crippen molar-refractivity contribution in [3.63, 3.8) is 0 Å². The van der Waals surface area contributed by atoms with E-state index >= 15 is 0 Å². The first-order valence-corrected chi connectivity index (χ1v) is 19.2. The molecule has 1 aliphatic heterocycles. The number of hydrogen-bond acceptors (Lipinski definition) is 7. The Hall–Kier alpha value is 0.311. The molecule has 10 heteroatoms. The number of cyclic esters (lactones) is 1. The standard InChI is InChI=1S/C15H34O6SSi3/c1-23(2,3)17-10-11-12(19-22)13(20-24(4,5)6)14(15(16)18-11)21-25(7,8)9/h11-14,22H,10H2,1-9H3/t11-,12-,13+,14-/m1/s1. The molecule has 0 N–H and O–H groups in total. The average molecular weight is 427 g/mol. The summed E-state index contributed by atoms with van der Waals surface area (Å²) in [7, 11) is -5.70. The van der Waals surface area contributed by atoms with E-state index in [1.54, 1.807) is 0 Å². The smallest absolute Gasteiger partial charge is 0.337 e. The van der Waals surface area contributed by atoms with Gasteiger partial charge in [-0.05, 0) is 71.8 Å². The van der Waals surface area contributed by atoms with Crippen LogP contribution in [0, 0.1) is 0 Å². The summed E-state index contributed by atoms with van der Waals surface area (Å²) in [5.41, 5.74) is 0. The zero-order valence-electron chi connectivity index (χ0n) is 16.9. The average Bonchev–Trinajstić information content (AvgIpc) is 2.37. The zero-order chi connectivity index (χ0) is 19.6. The molecule has 6 nitrogen and oxygen atoms in total. The summed E-state index contributed by atoms with van der Waals surface area (Å²) in [6, 6.07) is 0. The van der Waals surface area contributed by atoms with Crippen molar-refractivity contribution in [3.05, 3.63) is 0 Å². The maximum absolute atomic E-state index is 12.7. The van der Waals surface area contributed by atoms with Crippen molar-refractivity contribution in [1.29, 1.82) is 0 Å². The highest BCUT2D eigenvalue weighted by Gasteiger charge is 2.51. The van der Waals surface area contributed by atoms with E-state index in [9.17, 15) is 4.79 Å². The molecule has 25 heavy (non-hydrogen) atoms. The molecule has 0 aromatic heterocycles. The molecule has 0 aliphatic carbocycles. The topological polar surface area (TPSA) is 63.2 Å². The second-order valence-corrected chi connectivity index (χ2v) is 23.0. The van der Waals surface area contributed by atoms with E-state index in [1.165, 1.54) is 0 Å². The molecule has 0 radical (unpaired) electrons. The number of hydrogen-bond donors (Lipinski definition) is 1. The van der Waals surface area contributed by atoms with E-state index in [0.717, 1.165) is 0 Å². The van der Waals surface area contributed by atoms with E-state index in [-0.39, 0.29) is 6.61 Å². The van der Waals surface area contributed by atoms with Crippen LogP contribution in [0.4, 0.5) is 0 Å². The predicted octanol–water partition coefficient (Wildman–Crippen LogP) is 3.43. The summed E-state index contributed by atoms with van der Waals surface area (Å²) in [6.45, 7) is 18.8. The fourth-order valence-electron chi connectivity index (χ4n) is 2.42. The Morgan fingerprint density at radius 3 is 1.80 bits per heavy atom. The minimum Gasteiger partial charge on any atom is -0.455 e. The number of carbonyl (C=O) groups is 1. The molecule has 0 saturated carbocycles. The second kappa shape index (κ2) is 8.55. The van der Waals surface area contributed by atoms with Crippen LogP contribution in [0.5, 0.6) is 0 Å². The van der Waals surface area contributed by atoms with Crippen LogP contribution < -0.4 is 0 Å². The van der Waals surface area contributed by atoms with Gasteiger partial charge in [0.15, 0.2) is 37.2 Å². The third-order valence-corrected chi connectivity index (χ3v) is 6.48. The third-order valence-electron chi connectivity index (χ3n) is 3.26. The number of thiol groups is 1. The summed E-state index contributed by atoms with van der Waals surface area (Å²) < 4.78 is 29.3. The van der Waals surface area contributed by atoms with Gasteiger partial charge in [0.1, 0.15) is 12.2 Å². The molecule has 1 rings (SSSR count). The molecule has 1 fully saturated rings. The third kappa shape index (κ3) is 8.24. The van der Waals surface area contributed by atoms with Crippen molar-refractivity contribution in [2.75, 3.05) is 6.61 Å². The molecule has 148 valence electrons. The van der Waals surface area contributed by atoms with E-state index in [4.69, 9.17) is 22.2 Å². The summed E-state index contributed by atoms with van der Waals surface area (Å²) in [6.07, 6.45) is -2.43. The first-order valence-electron chi connectivity index (χ1n) is 8.63. The number of carbonyl (C=O) groups excluding carboxylic acids is 1. The number of ether oxygens (including phenoxy) is 1. The van der Waals surface area contributed by atoms with Crippen molar-refractivity contribution < 1.29 is 27.0 Å². The fraction of sp³-hybridized carbons (Fsp3) is 0.933. The van der Waals surface area contributed by atoms with Gasteiger partial charge in [-0.15, -0.1) is 0 Å². The second-order valence-electron chi connectivity index (χ2n) is 9.31. The highest BCUT2D eigenvalue weighted by Crippen LogP contribution is 2.30. The summed E-state index contributed by atoms with van der Waals surface area (Å²) in [4.78, 5) is 12.7. The first-order chi connectivity index (χ1) is 11.1. The van der Waals surface area contributed by atoms with E-state index in [0.29, 0.717) is 0 Å². The van der Waals surface area contributed by atoms with Gasteiger partial charge in [0.2, 0.25) is 0 Å². The van der Waals surface area contributed by atoms with Gasteiger partial charge in [-0.1, -0.05) is 0 Å². The Balaban J connectivity index is 3.08. The normalized spacial score (nSPS) is 28.8. The van der Waals surface area contributed by atoms with Gasteiger partial charge in [0.25, 0.3) is 0 Å². The monoisotopic (exact) mass is 426 g/mol. The molecule has 1 saturated heterocycles. The van der Waals surface area contributed by atoms with Crippen molar-refractivity contribution in [2.45, 2.75) is 83.3 Å². The van der Waals surface area contributed by atoms with Crippen molar-refractivity contribution in [2.24, 2.45) is 0 Å².